The molecule has 0 aliphatic carbocycles. The van der Waals surface area contributed by atoms with Crippen LogP contribution in [0.2, 0.25) is 0 Å². The van der Waals surface area contributed by atoms with E-state index < -0.39 is 21.8 Å². The van der Waals surface area contributed by atoms with Gasteiger partial charge in [-0.25, -0.2) is 8.42 Å². The molecule has 2 amide bonds. The molecular formula is C25H25N3O5S. The summed E-state index contributed by atoms with van der Waals surface area (Å²) < 4.78 is 33.2. The lowest BCUT2D eigenvalue weighted by Crippen LogP contribution is -2.43. The lowest BCUT2D eigenvalue weighted by atomic mass is 10.1. The van der Waals surface area contributed by atoms with Crippen molar-refractivity contribution in [1.82, 2.24) is 10.9 Å². The van der Waals surface area contributed by atoms with E-state index in [-0.39, 0.29) is 17.1 Å². The molecule has 0 saturated heterocycles. The molecule has 0 aromatic heterocycles. The first kappa shape index (κ1) is 23.3. The molecule has 0 atom stereocenters. The van der Waals surface area contributed by atoms with Crippen LogP contribution in [0.15, 0.2) is 71.6 Å². The molecule has 1 aliphatic rings. The molecule has 0 unspecified atom stereocenters. The number of ether oxygens (including phenoxy) is 1. The van der Waals surface area contributed by atoms with Gasteiger partial charge in [-0.05, 0) is 73.4 Å². The van der Waals surface area contributed by atoms with Gasteiger partial charge in [0.15, 0.2) is 6.61 Å². The summed E-state index contributed by atoms with van der Waals surface area (Å²) in [5, 5.41) is 0. The van der Waals surface area contributed by atoms with E-state index in [0.717, 1.165) is 16.7 Å². The van der Waals surface area contributed by atoms with Gasteiger partial charge in [0.1, 0.15) is 5.75 Å². The molecule has 176 valence electrons. The van der Waals surface area contributed by atoms with Gasteiger partial charge in [0.2, 0.25) is 0 Å². The van der Waals surface area contributed by atoms with Gasteiger partial charge in [0.05, 0.1) is 10.6 Å². The Hall–Kier alpha value is -3.85. The molecule has 4 rings (SSSR count). The number of hydrogen-bond acceptors (Lipinski definition) is 5. The summed E-state index contributed by atoms with van der Waals surface area (Å²) in [4.78, 5) is 24.6. The molecule has 2 N–H and O–H groups in total. The third-order valence-corrected chi connectivity index (χ3v) is 7.50. The Labute approximate surface area is 198 Å². The average Bonchev–Trinajstić information content (AvgIpc) is 3.28. The number of sulfonamides is 1. The molecule has 34 heavy (non-hydrogen) atoms. The maximum atomic E-state index is 13.2. The van der Waals surface area contributed by atoms with Gasteiger partial charge in [-0.2, -0.15) is 0 Å². The molecule has 8 nitrogen and oxygen atoms in total. The van der Waals surface area contributed by atoms with Crippen molar-refractivity contribution < 1.29 is 22.7 Å². The number of anilines is 1. The lowest BCUT2D eigenvalue weighted by molar-refractivity contribution is -0.123. The van der Waals surface area contributed by atoms with Crippen molar-refractivity contribution in [3.8, 4) is 5.75 Å². The first-order valence-corrected chi connectivity index (χ1v) is 12.2. The topological polar surface area (TPSA) is 105 Å². The summed E-state index contributed by atoms with van der Waals surface area (Å²) in [5.41, 5.74) is 8.44. The molecule has 0 spiro atoms. The number of para-hydroxylation sites is 1. The van der Waals surface area contributed by atoms with E-state index in [1.54, 1.807) is 18.2 Å². The highest BCUT2D eigenvalue weighted by molar-refractivity contribution is 7.92. The van der Waals surface area contributed by atoms with Crippen LogP contribution in [0.25, 0.3) is 0 Å². The summed E-state index contributed by atoms with van der Waals surface area (Å²) in [6.07, 6.45) is 0.631. The van der Waals surface area contributed by atoms with E-state index in [1.807, 2.05) is 38.1 Å². The van der Waals surface area contributed by atoms with E-state index in [1.165, 1.54) is 28.6 Å². The molecule has 1 heterocycles. The van der Waals surface area contributed by atoms with E-state index in [2.05, 4.69) is 10.9 Å². The van der Waals surface area contributed by atoms with Crippen molar-refractivity contribution in [2.75, 3.05) is 17.5 Å². The molecule has 1 aliphatic heterocycles. The summed E-state index contributed by atoms with van der Waals surface area (Å²) in [5.74, 6) is -0.645. The van der Waals surface area contributed by atoms with Gasteiger partial charge in [-0.3, -0.25) is 24.7 Å². The van der Waals surface area contributed by atoms with E-state index in [0.29, 0.717) is 24.4 Å². The quantitative estimate of drug-likeness (QED) is 0.529. The van der Waals surface area contributed by atoms with Gasteiger partial charge in [0, 0.05) is 12.1 Å². The molecule has 0 saturated carbocycles. The Balaban J connectivity index is 1.38. The molecular weight excluding hydrogens is 454 g/mol. The number of aryl methyl sites for hydroxylation is 2. The van der Waals surface area contributed by atoms with Crippen LogP contribution in [0.3, 0.4) is 0 Å². The third-order valence-electron chi connectivity index (χ3n) is 5.69. The number of fused-ring (bicyclic) bond motifs is 1. The fraction of sp³-hybridized carbons (Fsp3) is 0.200. The Morgan fingerprint density at radius 2 is 1.74 bits per heavy atom. The lowest BCUT2D eigenvalue weighted by Gasteiger charge is -2.20. The number of carbonyl (C=O) groups excluding carboxylic acids is 2. The van der Waals surface area contributed by atoms with Crippen LogP contribution in [0.5, 0.6) is 5.75 Å². The van der Waals surface area contributed by atoms with E-state index >= 15 is 0 Å². The second-order valence-corrected chi connectivity index (χ2v) is 9.88. The van der Waals surface area contributed by atoms with Gasteiger partial charge in [-0.15, -0.1) is 0 Å². The third kappa shape index (κ3) is 4.89. The van der Waals surface area contributed by atoms with Gasteiger partial charge in [-0.1, -0.05) is 30.3 Å². The molecule has 3 aromatic carbocycles. The Kier molecular flexibility index (Phi) is 6.56. The maximum Gasteiger partial charge on any atom is 0.276 e. The van der Waals surface area contributed by atoms with Crippen molar-refractivity contribution in [3.63, 3.8) is 0 Å². The zero-order valence-corrected chi connectivity index (χ0v) is 19.7. The van der Waals surface area contributed by atoms with Crippen molar-refractivity contribution in [1.29, 1.82) is 0 Å². The summed E-state index contributed by atoms with van der Waals surface area (Å²) in [7, 11) is -3.84. The number of rotatable bonds is 6. The maximum absolute atomic E-state index is 13.2. The van der Waals surface area contributed by atoms with Crippen LogP contribution >= 0.6 is 0 Å². The zero-order chi connectivity index (χ0) is 24.3. The van der Waals surface area contributed by atoms with Crippen LogP contribution < -0.4 is 19.9 Å². The van der Waals surface area contributed by atoms with Crippen LogP contribution in [-0.2, 0) is 21.2 Å². The molecule has 0 fully saturated rings. The molecule has 0 radical (unpaired) electrons. The minimum atomic E-state index is -3.84. The van der Waals surface area contributed by atoms with Crippen LogP contribution in [0.1, 0.15) is 27.0 Å². The average molecular weight is 480 g/mol. The largest absolute Gasteiger partial charge is 0.484 e. The Bertz CT molecular complexity index is 1350. The smallest absolute Gasteiger partial charge is 0.276 e. The fourth-order valence-corrected chi connectivity index (χ4v) is 5.22. The monoisotopic (exact) mass is 479 g/mol. The van der Waals surface area contributed by atoms with Crippen molar-refractivity contribution in [2.45, 2.75) is 25.2 Å². The molecule has 0 bridgehead atoms. The summed E-state index contributed by atoms with van der Waals surface area (Å²) in [6.45, 7) is 3.98. The molecule has 9 heteroatoms. The minimum Gasteiger partial charge on any atom is -0.484 e. The second-order valence-electron chi connectivity index (χ2n) is 8.02. The van der Waals surface area contributed by atoms with Crippen molar-refractivity contribution in [2.24, 2.45) is 0 Å². The number of nitrogens with one attached hydrogen (secondary N) is 2. The Morgan fingerprint density at radius 1 is 0.941 bits per heavy atom. The van der Waals surface area contributed by atoms with E-state index in [9.17, 15) is 18.0 Å². The number of carbonyl (C=O) groups is 2. The number of hydrogen-bond donors (Lipinski definition) is 2. The predicted octanol–water partition coefficient (Wildman–Crippen LogP) is 2.89. The standard InChI is InChI=1S/C25H25N3O5S/c1-17-10-11-21(14-18(17)2)33-16-24(29)26-27-25(30)20-7-5-8-22(15-20)34(31,32)28-13-12-19-6-3-4-9-23(19)28/h3-11,14-15H,12-13,16H2,1-2H3,(H,26,29)(H,27,30). The minimum absolute atomic E-state index is 0.00116. The van der Waals surface area contributed by atoms with Crippen LogP contribution in [-0.4, -0.2) is 33.4 Å². The highest BCUT2D eigenvalue weighted by atomic mass is 32.2. The first-order valence-electron chi connectivity index (χ1n) is 10.8. The number of nitrogens with zero attached hydrogens (tertiary/aromatic N) is 1. The normalized spacial score (nSPS) is 12.7. The summed E-state index contributed by atoms with van der Waals surface area (Å²) in [6, 6.07) is 18.5. The predicted molar refractivity (Wildman–Crippen MR) is 128 cm³/mol. The van der Waals surface area contributed by atoms with Gasteiger partial charge in [0.25, 0.3) is 21.8 Å². The SMILES string of the molecule is Cc1ccc(OCC(=O)NNC(=O)c2cccc(S(=O)(=O)N3CCc4ccccc43)c2)cc1C. The fourth-order valence-electron chi connectivity index (χ4n) is 3.67. The Morgan fingerprint density at radius 3 is 2.53 bits per heavy atom. The van der Waals surface area contributed by atoms with Crippen molar-refractivity contribution in [3.05, 3.63) is 89.0 Å². The highest BCUT2D eigenvalue weighted by Gasteiger charge is 2.31. The summed E-state index contributed by atoms with van der Waals surface area (Å²) >= 11 is 0. The van der Waals surface area contributed by atoms with Crippen LogP contribution in [0.4, 0.5) is 5.69 Å². The zero-order valence-electron chi connectivity index (χ0n) is 18.9. The molecule has 3 aromatic rings. The first-order chi connectivity index (χ1) is 16.3. The number of benzene rings is 3. The number of amides is 2. The highest BCUT2D eigenvalue weighted by Crippen LogP contribution is 2.32. The van der Waals surface area contributed by atoms with E-state index in [4.69, 9.17) is 4.74 Å². The van der Waals surface area contributed by atoms with Crippen LogP contribution in [0, 0.1) is 13.8 Å². The second kappa shape index (κ2) is 9.56. The van der Waals surface area contributed by atoms with Crippen molar-refractivity contribution >= 4 is 27.5 Å². The number of hydrazine groups is 1. The van der Waals surface area contributed by atoms with Gasteiger partial charge < -0.3 is 4.74 Å². The van der Waals surface area contributed by atoms with Gasteiger partial charge >= 0.3 is 0 Å².